The normalized spacial score (nSPS) is 10.7. The molecule has 0 radical (unpaired) electrons. The molecule has 0 amide bonds. The Balaban J connectivity index is 1.91. The number of aromatic nitrogens is 2. The van der Waals surface area contributed by atoms with E-state index in [0.717, 1.165) is 32.8 Å². The summed E-state index contributed by atoms with van der Waals surface area (Å²) in [6, 6.07) is 17.5. The summed E-state index contributed by atoms with van der Waals surface area (Å²) in [4.78, 5) is 24.0. The van der Waals surface area contributed by atoms with Crippen molar-refractivity contribution in [1.29, 1.82) is 0 Å². The lowest BCUT2D eigenvalue weighted by Gasteiger charge is -2.21. The third-order valence-electron chi connectivity index (χ3n) is 4.42. The van der Waals surface area contributed by atoms with Gasteiger partial charge in [-0.1, -0.05) is 42.5 Å². The second kappa shape index (κ2) is 7.17. The van der Waals surface area contributed by atoms with Gasteiger partial charge in [-0.3, -0.25) is 0 Å². The Morgan fingerprint density at radius 3 is 2.56 bits per heavy atom. The number of anilines is 2. The maximum atomic E-state index is 12.2. The monoisotopic (exact) mass is 375 g/mol. The molecule has 0 N–H and O–H groups in total. The largest absolute Gasteiger partial charge is 0.465 e. The van der Waals surface area contributed by atoms with Gasteiger partial charge in [0.2, 0.25) is 0 Å². The van der Waals surface area contributed by atoms with Crippen molar-refractivity contribution in [3.8, 4) is 11.1 Å². The number of methoxy groups -OCH3 is 1. The smallest absolute Gasteiger partial charge is 0.339 e. The lowest BCUT2D eigenvalue weighted by Crippen LogP contribution is -2.16. The average molecular weight is 375 g/mol. The Kier molecular flexibility index (Phi) is 4.56. The first kappa shape index (κ1) is 17.2. The van der Waals surface area contributed by atoms with Crippen molar-refractivity contribution in [3.63, 3.8) is 0 Å². The van der Waals surface area contributed by atoms with Crippen molar-refractivity contribution >= 4 is 39.0 Å². The molecular formula is C21H17N3O2S. The number of carbonyl (C=O) groups is 1. The molecular weight excluding hydrogens is 358 g/mol. The molecule has 4 rings (SSSR count). The molecule has 0 unspecified atom stereocenters. The van der Waals surface area contributed by atoms with E-state index in [1.165, 1.54) is 7.11 Å². The number of carbonyl (C=O) groups excluding carboxylic acids is 1. The number of ether oxygens (including phenoxy) is 1. The molecule has 27 heavy (non-hydrogen) atoms. The number of benzene rings is 2. The van der Waals surface area contributed by atoms with E-state index in [1.807, 2.05) is 48.3 Å². The third-order valence-corrected chi connectivity index (χ3v) is 5.31. The lowest BCUT2D eigenvalue weighted by atomic mass is 10.1. The van der Waals surface area contributed by atoms with E-state index in [2.05, 4.69) is 27.5 Å². The van der Waals surface area contributed by atoms with E-state index in [9.17, 15) is 4.79 Å². The van der Waals surface area contributed by atoms with Crippen LogP contribution in [0.15, 0.2) is 66.3 Å². The maximum absolute atomic E-state index is 12.2. The zero-order valence-electron chi connectivity index (χ0n) is 14.9. The quantitative estimate of drug-likeness (QED) is 0.474. The Bertz CT molecular complexity index is 1110. The highest BCUT2D eigenvalue weighted by molar-refractivity contribution is 7.17. The molecule has 0 aliphatic rings. The number of para-hydroxylation sites is 1. The highest BCUT2D eigenvalue weighted by Gasteiger charge is 2.20. The molecule has 5 nitrogen and oxygen atoms in total. The summed E-state index contributed by atoms with van der Waals surface area (Å²) >= 11 is 1.58. The van der Waals surface area contributed by atoms with Crippen LogP contribution in [0.4, 0.5) is 11.5 Å². The summed E-state index contributed by atoms with van der Waals surface area (Å²) in [5.74, 6) is 0.368. The van der Waals surface area contributed by atoms with Crippen molar-refractivity contribution in [2.75, 3.05) is 19.1 Å². The van der Waals surface area contributed by atoms with Gasteiger partial charge in [0.15, 0.2) is 0 Å². The number of hydrogen-bond donors (Lipinski definition) is 0. The first-order chi connectivity index (χ1) is 13.2. The Labute approximate surface area is 160 Å². The van der Waals surface area contributed by atoms with E-state index in [4.69, 9.17) is 4.74 Å². The number of nitrogens with zero attached hydrogens (tertiary/aromatic N) is 3. The molecule has 0 aliphatic carbocycles. The molecule has 134 valence electrons. The van der Waals surface area contributed by atoms with Crippen LogP contribution >= 0.6 is 11.3 Å². The van der Waals surface area contributed by atoms with Crippen LogP contribution in [0.25, 0.3) is 21.3 Å². The maximum Gasteiger partial charge on any atom is 0.339 e. The number of thiophene rings is 1. The summed E-state index contributed by atoms with van der Waals surface area (Å²) in [6.07, 6.45) is 1.56. The molecule has 2 aromatic carbocycles. The Morgan fingerprint density at radius 2 is 1.78 bits per heavy atom. The third kappa shape index (κ3) is 3.04. The number of rotatable bonds is 4. The zero-order chi connectivity index (χ0) is 18.8. The van der Waals surface area contributed by atoms with Crippen LogP contribution in [-0.2, 0) is 4.74 Å². The Morgan fingerprint density at radius 1 is 1.04 bits per heavy atom. The summed E-state index contributed by atoms with van der Waals surface area (Å²) < 4.78 is 4.93. The van der Waals surface area contributed by atoms with Crippen molar-refractivity contribution in [2.45, 2.75) is 0 Å². The first-order valence-electron chi connectivity index (χ1n) is 8.39. The van der Waals surface area contributed by atoms with Crippen molar-refractivity contribution in [2.24, 2.45) is 0 Å². The average Bonchev–Trinajstić information content (AvgIpc) is 3.17. The van der Waals surface area contributed by atoms with Crippen LogP contribution in [0, 0.1) is 0 Å². The first-order valence-corrected chi connectivity index (χ1v) is 9.27. The molecule has 2 aromatic heterocycles. The molecule has 0 aliphatic heterocycles. The van der Waals surface area contributed by atoms with Crippen molar-refractivity contribution in [1.82, 2.24) is 9.97 Å². The van der Waals surface area contributed by atoms with E-state index >= 15 is 0 Å². The van der Waals surface area contributed by atoms with Crippen LogP contribution in [0.1, 0.15) is 10.4 Å². The predicted molar refractivity (Wildman–Crippen MR) is 109 cm³/mol. The molecule has 0 fully saturated rings. The molecule has 0 atom stereocenters. The minimum absolute atomic E-state index is 0.378. The fourth-order valence-electron chi connectivity index (χ4n) is 3.11. The molecule has 0 saturated carbocycles. The molecule has 0 spiro atoms. The van der Waals surface area contributed by atoms with Gasteiger partial charge in [-0.05, 0) is 17.7 Å². The molecule has 4 aromatic rings. The standard InChI is InChI=1S/C21H17N3O2S/c1-24(17-11-7-6-10-15(17)21(25)26-2)19-18-16(14-8-4-3-5-9-14)12-27-20(18)23-13-22-19/h3-13H,1-2H3. The summed E-state index contributed by atoms with van der Waals surface area (Å²) in [5, 5.41) is 3.06. The van der Waals surface area contributed by atoms with E-state index in [-0.39, 0.29) is 5.97 Å². The van der Waals surface area contributed by atoms with Crippen LogP contribution in [0.5, 0.6) is 0 Å². The molecule has 0 saturated heterocycles. The van der Waals surface area contributed by atoms with E-state index < -0.39 is 0 Å². The predicted octanol–water partition coefficient (Wildman–Crippen LogP) is 4.91. The van der Waals surface area contributed by atoms with Gasteiger partial charge in [-0.2, -0.15) is 0 Å². The number of hydrogen-bond acceptors (Lipinski definition) is 6. The lowest BCUT2D eigenvalue weighted by molar-refractivity contribution is 0.0601. The fourth-order valence-corrected chi connectivity index (χ4v) is 4.02. The number of esters is 1. The van der Waals surface area contributed by atoms with Gasteiger partial charge in [0.1, 0.15) is 17.0 Å². The minimum Gasteiger partial charge on any atom is -0.465 e. The van der Waals surface area contributed by atoms with E-state index in [1.54, 1.807) is 23.7 Å². The SMILES string of the molecule is COC(=O)c1ccccc1N(C)c1ncnc2scc(-c3ccccc3)c12. The second-order valence-electron chi connectivity index (χ2n) is 5.96. The van der Waals surface area contributed by atoms with Crippen LogP contribution in [-0.4, -0.2) is 30.1 Å². The summed E-state index contributed by atoms with van der Waals surface area (Å²) in [7, 11) is 3.28. The number of fused-ring (bicyclic) bond motifs is 1. The van der Waals surface area contributed by atoms with Crippen LogP contribution < -0.4 is 4.90 Å². The van der Waals surface area contributed by atoms with Crippen LogP contribution in [0.2, 0.25) is 0 Å². The van der Waals surface area contributed by atoms with Gasteiger partial charge in [0.05, 0.1) is 23.7 Å². The highest BCUT2D eigenvalue weighted by Crippen LogP contribution is 2.39. The van der Waals surface area contributed by atoms with E-state index in [0.29, 0.717) is 5.56 Å². The van der Waals surface area contributed by atoms with Gasteiger partial charge >= 0.3 is 5.97 Å². The topological polar surface area (TPSA) is 55.3 Å². The van der Waals surface area contributed by atoms with Crippen LogP contribution in [0.3, 0.4) is 0 Å². The highest BCUT2D eigenvalue weighted by atomic mass is 32.1. The van der Waals surface area contributed by atoms with Gasteiger partial charge in [-0.15, -0.1) is 11.3 Å². The minimum atomic E-state index is -0.378. The summed E-state index contributed by atoms with van der Waals surface area (Å²) in [6.45, 7) is 0. The van der Waals surface area contributed by atoms with Crippen molar-refractivity contribution in [3.05, 3.63) is 71.9 Å². The fraction of sp³-hybridized carbons (Fsp3) is 0.0952. The molecule has 2 heterocycles. The van der Waals surface area contributed by atoms with Gasteiger partial charge < -0.3 is 9.64 Å². The second-order valence-corrected chi connectivity index (χ2v) is 6.82. The van der Waals surface area contributed by atoms with Crippen molar-refractivity contribution < 1.29 is 9.53 Å². The van der Waals surface area contributed by atoms with Gasteiger partial charge in [0, 0.05) is 18.0 Å². The zero-order valence-corrected chi connectivity index (χ0v) is 15.7. The Hall–Kier alpha value is -3.25. The summed E-state index contributed by atoms with van der Waals surface area (Å²) in [5.41, 5.74) is 3.41. The molecule has 6 heteroatoms. The van der Waals surface area contributed by atoms with Gasteiger partial charge in [0.25, 0.3) is 0 Å². The molecule has 0 bridgehead atoms. The van der Waals surface area contributed by atoms with Gasteiger partial charge in [-0.25, -0.2) is 14.8 Å².